The molecule has 6 nitrogen and oxygen atoms in total. The number of methoxy groups -OCH3 is 1. The Hall–Kier alpha value is -1.78. The molecule has 0 radical (unpaired) electrons. The lowest BCUT2D eigenvalue weighted by atomic mass is 10.1. The number of halogens is 2. The minimum absolute atomic E-state index is 0.164. The first kappa shape index (κ1) is 18.6. The summed E-state index contributed by atoms with van der Waals surface area (Å²) in [6.45, 7) is 3.80. The summed E-state index contributed by atoms with van der Waals surface area (Å²) < 4.78 is 15.9. The number of nitriles is 1. The molecule has 0 fully saturated rings. The van der Waals surface area contributed by atoms with E-state index in [1.807, 2.05) is 13.0 Å². The highest BCUT2D eigenvalue weighted by Gasteiger charge is 2.17. The summed E-state index contributed by atoms with van der Waals surface area (Å²) in [6.07, 6.45) is 0. The molecular weight excluding hydrogens is 353 g/mol. The molecule has 0 unspecified atom stereocenters. The molecule has 2 rings (SSSR count). The van der Waals surface area contributed by atoms with Crippen molar-refractivity contribution in [2.24, 2.45) is 0 Å². The van der Waals surface area contributed by atoms with Crippen molar-refractivity contribution < 1.29 is 13.9 Å². The molecule has 1 aromatic carbocycles. The first-order valence-corrected chi connectivity index (χ1v) is 8.00. The molecule has 0 spiro atoms. The van der Waals surface area contributed by atoms with Gasteiger partial charge in [-0.2, -0.15) is 10.2 Å². The van der Waals surface area contributed by atoms with Crippen LogP contribution in [0.4, 0.5) is 5.88 Å². The number of benzene rings is 1. The average Bonchev–Trinajstić information content (AvgIpc) is 2.97. The van der Waals surface area contributed by atoms with E-state index in [1.165, 1.54) is 0 Å². The summed E-state index contributed by atoms with van der Waals surface area (Å²) in [4.78, 5) is 4.20. The molecule has 24 heavy (non-hydrogen) atoms. The van der Waals surface area contributed by atoms with Crippen molar-refractivity contribution in [3.63, 3.8) is 0 Å². The smallest absolute Gasteiger partial charge is 0.232 e. The molecular formula is C16H17Cl2N3O3. The lowest BCUT2D eigenvalue weighted by Crippen LogP contribution is -2.12. The summed E-state index contributed by atoms with van der Waals surface area (Å²) in [5.41, 5.74) is 1.59. The first-order valence-electron chi connectivity index (χ1n) is 7.24. The van der Waals surface area contributed by atoms with Crippen LogP contribution >= 0.6 is 23.2 Å². The number of nitrogens with zero attached hydrogens (tertiary/aromatic N) is 2. The molecule has 0 aliphatic rings. The maximum atomic E-state index is 9.22. The predicted octanol–water partition coefficient (Wildman–Crippen LogP) is 3.90. The van der Waals surface area contributed by atoms with Crippen LogP contribution in [0.1, 0.15) is 11.3 Å². The minimum Gasteiger partial charge on any atom is -0.419 e. The standard InChI is InChI=1S/C16H17Cl2N3O3/c1-10-12(7-11(17)8-13(10)18)15-21-14(9-19)16(24-15)20-3-4-23-6-5-22-2/h7-8,20H,3-6H2,1-2H3. The molecule has 0 saturated carbocycles. The normalized spacial score (nSPS) is 10.6. The summed E-state index contributed by atoms with van der Waals surface area (Å²) in [5, 5.41) is 13.2. The van der Waals surface area contributed by atoms with Crippen LogP contribution in [0.15, 0.2) is 16.5 Å². The van der Waals surface area contributed by atoms with E-state index in [4.69, 9.17) is 37.1 Å². The Morgan fingerprint density at radius 1 is 1.29 bits per heavy atom. The summed E-state index contributed by atoms with van der Waals surface area (Å²) in [6, 6.07) is 5.35. The molecule has 1 heterocycles. The third-order valence-electron chi connectivity index (χ3n) is 3.24. The second-order valence-corrected chi connectivity index (χ2v) is 5.74. The van der Waals surface area contributed by atoms with Gasteiger partial charge in [-0.1, -0.05) is 23.2 Å². The Morgan fingerprint density at radius 2 is 2.08 bits per heavy atom. The number of anilines is 1. The number of ether oxygens (including phenoxy) is 2. The molecule has 8 heteroatoms. The van der Waals surface area contributed by atoms with Gasteiger partial charge in [-0.15, -0.1) is 0 Å². The Balaban J connectivity index is 2.12. The van der Waals surface area contributed by atoms with E-state index in [9.17, 15) is 5.26 Å². The van der Waals surface area contributed by atoms with Gasteiger partial charge in [0.1, 0.15) is 6.07 Å². The van der Waals surface area contributed by atoms with Gasteiger partial charge in [0.05, 0.1) is 19.8 Å². The quantitative estimate of drug-likeness (QED) is 0.710. The molecule has 128 valence electrons. The fourth-order valence-corrected chi connectivity index (χ4v) is 2.47. The molecule has 1 aromatic heterocycles. The van der Waals surface area contributed by atoms with Gasteiger partial charge in [0.15, 0.2) is 0 Å². The maximum absolute atomic E-state index is 9.22. The van der Waals surface area contributed by atoms with Gasteiger partial charge < -0.3 is 19.2 Å². The van der Waals surface area contributed by atoms with Crippen LogP contribution in [-0.4, -0.2) is 38.5 Å². The number of hydrogen-bond acceptors (Lipinski definition) is 6. The topological polar surface area (TPSA) is 80.3 Å². The van der Waals surface area contributed by atoms with Gasteiger partial charge in [-0.3, -0.25) is 0 Å². The van der Waals surface area contributed by atoms with E-state index >= 15 is 0 Å². The number of oxazole rings is 1. The van der Waals surface area contributed by atoms with Crippen molar-refractivity contribution >= 4 is 29.1 Å². The van der Waals surface area contributed by atoms with Gasteiger partial charge in [0, 0.05) is 29.3 Å². The Kier molecular flexibility index (Phi) is 6.88. The van der Waals surface area contributed by atoms with Crippen molar-refractivity contribution in [2.45, 2.75) is 6.92 Å². The van der Waals surface area contributed by atoms with Crippen molar-refractivity contribution in [3.05, 3.63) is 33.4 Å². The summed E-state index contributed by atoms with van der Waals surface area (Å²) in [7, 11) is 1.61. The van der Waals surface area contributed by atoms with Crippen LogP contribution in [0.3, 0.4) is 0 Å². The third-order valence-corrected chi connectivity index (χ3v) is 3.85. The van der Waals surface area contributed by atoms with E-state index in [2.05, 4.69) is 10.3 Å². The zero-order chi connectivity index (χ0) is 17.5. The van der Waals surface area contributed by atoms with Crippen LogP contribution in [0, 0.1) is 18.3 Å². The number of aromatic nitrogens is 1. The summed E-state index contributed by atoms with van der Waals surface area (Å²) >= 11 is 12.2. The summed E-state index contributed by atoms with van der Waals surface area (Å²) in [5.74, 6) is 0.578. The van der Waals surface area contributed by atoms with Crippen molar-refractivity contribution in [1.82, 2.24) is 4.98 Å². The average molecular weight is 370 g/mol. The second-order valence-electron chi connectivity index (χ2n) is 4.90. The van der Waals surface area contributed by atoms with Gasteiger partial charge in [-0.05, 0) is 24.6 Å². The zero-order valence-electron chi connectivity index (χ0n) is 13.4. The lowest BCUT2D eigenvalue weighted by molar-refractivity contribution is 0.0758. The van der Waals surface area contributed by atoms with Crippen molar-refractivity contribution in [3.8, 4) is 17.5 Å². The SMILES string of the molecule is COCCOCCNc1oc(-c2cc(Cl)cc(Cl)c2C)nc1C#N. The molecule has 0 bridgehead atoms. The highest BCUT2D eigenvalue weighted by atomic mass is 35.5. The monoisotopic (exact) mass is 369 g/mol. The van der Waals surface area contributed by atoms with Crippen LogP contribution in [0.25, 0.3) is 11.5 Å². The molecule has 0 aliphatic carbocycles. The Bertz CT molecular complexity index is 741. The lowest BCUT2D eigenvalue weighted by Gasteiger charge is -2.06. The van der Waals surface area contributed by atoms with Gasteiger partial charge in [-0.25, -0.2) is 0 Å². The largest absolute Gasteiger partial charge is 0.419 e. The molecule has 1 N–H and O–H groups in total. The maximum Gasteiger partial charge on any atom is 0.232 e. The van der Waals surface area contributed by atoms with E-state index < -0.39 is 0 Å². The van der Waals surface area contributed by atoms with Crippen LogP contribution in [-0.2, 0) is 9.47 Å². The predicted molar refractivity (Wildman–Crippen MR) is 92.6 cm³/mol. The van der Waals surface area contributed by atoms with Crippen LogP contribution in [0.2, 0.25) is 10.0 Å². The molecule has 0 amide bonds. The van der Waals surface area contributed by atoms with Crippen molar-refractivity contribution in [2.75, 3.05) is 38.8 Å². The number of hydrogen-bond donors (Lipinski definition) is 1. The zero-order valence-corrected chi connectivity index (χ0v) is 14.9. The second kappa shape index (κ2) is 8.90. The minimum atomic E-state index is 0.164. The van der Waals surface area contributed by atoms with Crippen LogP contribution in [0.5, 0.6) is 0 Å². The molecule has 2 aromatic rings. The van der Waals surface area contributed by atoms with E-state index in [0.29, 0.717) is 47.9 Å². The van der Waals surface area contributed by atoms with Gasteiger partial charge >= 0.3 is 0 Å². The molecule has 0 atom stereocenters. The van der Waals surface area contributed by atoms with Gasteiger partial charge in [0.25, 0.3) is 0 Å². The Morgan fingerprint density at radius 3 is 2.79 bits per heavy atom. The molecule has 0 saturated heterocycles. The third kappa shape index (κ3) is 4.62. The van der Waals surface area contributed by atoms with Gasteiger partial charge in [0.2, 0.25) is 17.5 Å². The van der Waals surface area contributed by atoms with E-state index in [1.54, 1.807) is 19.2 Å². The fraction of sp³-hybridized carbons (Fsp3) is 0.375. The van der Waals surface area contributed by atoms with Crippen LogP contribution < -0.4 is 5.32 Å². The fourth-order valence-electron chi connectivity index (χ4n) is 1.98. The van der Waals surface area contributed by atoms with E-state index in [0.717, 1.165) is 5.56 Å². The Labute approximate surface area is 150 Å². The van der Waals surface area contributed by atoms with E-state index in [-0.39, 0.29) is 11.6 Å². The first-order chi connectivity index (χ1) is 11.6. The molecule has 0 aliphatic heterocycles. The number of rotatable bonds is 8. The highest BCUT2D eigenvalue weighted by molar-refractivity contribution is 6.35. The highest BCUT2D eigenvalue weighted by Crippen LogP contribution is 2.33. The van der Waals surface area contributed by atoms with Crippen molar-refractivity contribution in [1.29, 1.82) is 5.26 Å². The number of nitrogens with one attached hydrogen (secondary N) is 1.